The molecule has 1 aliphatic heterocycles. The van der Waals surface area contributed by atoms with Crippen molar-refractivity contribution in [1.82, 2.24) is 10.2 Å². The van der Waals surface area contributed by atoms with Gasteiger partial charge >= 0.3 is 0 Å². The van der Waals surface area contributed by atoms with Crippen LogP contribution in [0.4, 0.5) is 0 Å². The van der Waals surface area contributed by atoms with Crippen molar-refractivity contribution in [2.24, 2.45) is 4.99 Å². The van der Waals surface area contributed by atoms with E-state index < -0.39 is 5.72 Å². The molecule has 0 aromatic heterocycles. The molecule has 86 valence electrons. The molecular formula is C11H21N3O. The molecule has 0 aromatic carbocycles. The van der Waals surface area contributed by atoms with Crippen LogP contribution in [-0.4, -0.2) is 35.8 Å². The molecule has 4 nitrogen and oxygen atoms in total. The van der Waals surface area contributed by atoms with E-state index in [1.165, 1.54) is 0 Å². The zero-order valence-corrected chi connectivity index (χ0v) is 10.0. The van der Waals surface area contributed by atoms with Crippen LogP contribution in [0.3, 0.4) is 0 Å². The van der Waals surface area contributed by atoms with E-state index in [0.717, 1.165) is 24.8 Å². The molecule has 2 N–H and O–H groups in total. The van der Waals surface area contributed by atoms with Crippen molar-refractivity contribution in [2.75, 3.05) is 14.1 Å². The number of nitrogens with zero attached hydrogens (tertiary/aromatic N) is 2. The highest BCUT2D eigenvalue weighted by Gasteiger charge is 2.28. The molecule has 0 aliphatic carbocycles. The maximum absolute atomic E-state index is 10.2. The molecule has 0 bridgehead atoms. The van der Waals surface area contributed by atoms with Gasteiger partial charge in [0.15, 0.2) is 5.72 Å². The molecule has 0 saturated carbocycles. The average molecular weight is 211 g/mol. The quantitative estimate of drug-likeness (QED) is 0.739. The van der Waals surface area contributed by atoms with Gasteiger partial charge in [-0.1, -0.05) is 13.3 Å². The minimum atomic E-state index is -1.06. The van der Waals surface area contributed by atoms with Crippen molar-refractivity contribution >= 4 is 5.96 Å². The number of aliphatic imine (C=N–C) groups is 1. The fraction of sp³-hybridized carbons (Fsp3) is 0.727. The lowest BCUT2D eigenvalue weighted by molar-refractivity contribution is 0.100. The lowest BCUT2D eigenvalue weighted by Gasteiger charge is -2.30. The van der Waals surface area contributed by atoms with Crippen molar-refractivity contribution in [1.29, 1.82) is 0 Å². The monoisotopic (exact) mass is 211 g/mol. The standard InChI is InChI=1S/C11H21N3O/c1-5-6-7-9-8-12-10(14(3)4)13-11(9,2)15/h8,15H,5-7H2,1-4H3,(H,12,13). The van der Waals surface area contributed by atoms with Gasteiger partial charge in [-0.3, -0.25) is 0 Å². The predicted octanol–water partition coefficient (Wildman–Crippen LogP) is 1.29. The second-order valence-corrected chi connectivity index (χ2v) is 4.27. The number of aliphatic hydroxyl groups is 1. The summed E-state index contributed by atoms with van der Waals surface area (Å²) in [5, 5.41) is 13.2. The Labute approximate surface area is 91.7 Å². The van der Waals surface area contributed by atoms with Crippen LogP contribution >= 0.6 is 0 Å². The van der Waals surface area contributed by atoms with Gasteiger partial charge in [0.1, 0.15) is 0 Å². The Morgan fingerprint density at radius 3 is 2.67 bits per heavy atom. The number of hydrogen-bond acceptors (Lipinski definition) is 4. The normalized spacial score (nSPS) is 25.4. The van der Waals surface area contributed by atoms with Gasteiger partial charge in [-0.15, -0.1) is 0 Å². The first kappa shape index (κ1) is 12.0. The van der Waals surface area contributed by atoms with E-state index in [2.05, 4.69) is 17.2 Å². The van der Waals surface area contributed by atoms with E-state index in [4.69, 9.17) is 0 Å². The molecule has 15 heavy (non-hydrogen) atoms. The van der Waals surface area contributed by atoms with E-state index in [1.54, 1.807) is 6.92 Å². The van der Waals surface area contributed by atoms with Crippen LogP contribution in [0.5, 0.6) is 0 Å². The van der Waals surface area contributed by atoms with E-state index >= 15 is 0 Å². The van der Waals surface area contributed by atoms with E-state index in [9.17, 15) is 5.11 Å². The molecule has 1 unspecified atom stereocenters. The second kappa shape index (κ2) is 4.66. The second-order valence-electron chi connectivity index (χ2n) is 4.27. The van der Waals surface area contributed by atoms with Crippen LogP contribution in [0.15, 0.2) is 16.8 Å². The molecule has 0 radical (unpaired) electrons. The molecule has 4 heteroatoms. The third kappa shape index (κ3) is 2.96. The lowest BCUT2D eigenvalue weighted by atomic mass is 9.99. The van der Waals surface area contributed by atoms with Crippen molar-refractivity contribution in [2.45, 2.75) is 38.8 Å². The number of hydrogen-bond donors (Lipinski definition) is 2. The van der Waals surface area contributed by atoms with Gasteiger partial charge in [0, 0.05) is 20.3 Å². The van der Waals surface area contributed by atoms with Crippen LogP contribution in [0, 0.1) is 0 Å². The van der Waals surface area contributed by atoms with E-state index in [-0.39, 0.29) is 0 Å². The van der Waals surface area contributed by atoms with E-state index in [1.807, 2.05) is 25.2 Å². The first-order chi connectivity index (χ1) is 6.97. The molecular weight excluding hydrogens is 190 g/mol. The topological polar surface area (TPSA) is 47.9 Å². The summed E-state index contributed by atoms with van der Waals surface area (Å²) in [5.74, 6) is 0.695. The molecule has 0 saturated heterocycles. The van der Waals surface area contributed by atoms with Crippen molar-refractivity contribution < 1.29 is 5.11 Å². The SMILES string of the molecule is CCCCC1=CNC(N(C)C)=NC1(C)O. The predicted molar refractivity (Wildman–Crippen MR) is 62.5 cm³/mol. The molecule has 0 amide bonds. The average Bonchev–Trinajstić information content (AvgIpc) is 2.14. The first-order valence-corrected chi connectivity index (χ1v) is 5.43. The number of nitrogens with one attached hydrogen (secondary N) is 1. The Bertz CT molecular complexity index is 280. The van der Waals surface area contributed by atoms with Gasteiger partial charge < -0.3 is 15.3 Å². The van der Waals surface area contributed by atoms with Crippen molar-refractivity contribution in [3.8, 4) is 0 Å². The maximum atomic E-state index is 10.2. The fourth-order valence-electron chi connectivity index (χ4n) is 1.50. The van der Waals surface area contributed by atoms with Crippen LogP contribution < -0.4 is 5.32 Å². The third-order valence-corrected chi connectivity index (χ3v) is 2.53. The van der Waals surface area contributed by atoms with Gasteiger partial charge in [0.05, 0.1) is 0 Å². The van der Waals surface area contributed by atoms with Crippen LogP contribution in [0.1, 0.15) is 33.1 Å². The van der Waals surface area contributed by atoms with Crippen LogP contribution in [0.2, 0.25) is 0 Å². The van der Waals surface area contributed by atoms with Gasteiger partial charge in [-0.05, 0) is 25.3 Å². The first-order valence-electron chi connectivity index (χ1n) is 5.43. The fourth-order valence-corrected chi connectivity index (χ4v) is 1.50. The highest BCUT2D eigenvalue weighted by atomic mass is 16.3. The van der Waals surface area contributed by atoms with Crippen LogP contribution in [-0.2, 0) is 0 Å². The minimum absolute atomic E-state index is 0.695. The molecule has 0 aromatic rings. The molecule has 1 heterocycles. The zero-order valence-electron chi connectivity index (χ0n) is 10.0. The molecule has 1 atom stereocenters. The summed E-state index contributed by atoms with van der Waals surface area (Å²) in [4.78, 5) is 6.12. The molecule has 0 fully saturated rings. The van der Waals surface area contributed by atoms with Gasteiger partial charge in [-0.25, -0.2) is 4.99 Å². The largest absolute Gasteiger partial charge is 0.366 e. The molecule has 1 aliphatic rings. The lowest BCUT2D eigenvalue weighted by Crippen LogP contribution is -2.42. The third-order valence-electron chi connectivity index (χ3n) is 2.53. The smallest absolute Gasteiger partial charge is 0.200 e. The van der Waals surface area contributed by atoms with Crippen molar-refractivity contribution in [3.05, 3.63) is 11.8 Å². The Balaban J connectivity index is 2.73. The summed E-state index contributed by atoms with van der Waals surface area (Å²) in [6.45, 7) is 3.87. The van der Waals surface area contributed by atoms with Gasteiger partial charge in [0.2, 0.25) is 5.96 Å². The zero-order chi connectivity index (χ0) is 11.5. The Morgan fingerprint density at radius 1 is 1.53 bits per heavy atom. The van der Waals surface area contributed by atoms with Gasteiger partial charge in [0.25, 0.3) is 0 Å². The number of unbranched alkanes of at least 4 members (excludes halogenated alkanes) is 1. The molecule has 0 spiro atoms. The van der Waals surface area contributed by atoms with Crippen LogP contribution in [0.25, 0.3) is 0 Å². The minimum Gasteiger partial charge on any atom is -0.366 e. The summed E-state index contributed by atoms with van der Waals surface area (Å²) >= 11 is 0. The summed E-state index contributed by atoms with van der Waals surface area (Å²) in [6.07, 6.45) is 4.97. The highest BCUT2D eigenvalue weighted by molar-refractivity contribution is 5.82. The van der Waals surface area contributed by atoms with Gasteiger partial charge in [-0.2, -0.15) is 0 Å². The number of rotatable bonds is 3. The Hall–Kier alpha value is -1.03. The van der Waals surface area contributed by atoms with E-state index in [0.29, 0.717) is 5.96 Å². The Kier molecular flexibility index (Phi) is 3.74. The number of guanidine groups is 1. The summed E-state index contributed by atoms with van der Waals surface area (Å²) < 4.78 is 0. The highest BCUT2D eigenvalue weighted by Crippen LogP contribution is 2.25. The molecule has 1 rings (SSSR count). The summed E-state index contributed by atoms with van der Waals surface area (Å²) in [7, 11) is 3.79. The summed E-state index contributed by atoms with van der Waals surface area (Å²) in [6, 6.07) is 0. The Morgan fingerprint density at radius 2 is 2.20 bits per heavy atom. The maximum Gasteiger partial charge on any atom is 0.200 e. The van der Waals surface area contributed by atoms with Crippen molar-refractivity contribution in [3.63, 3.8) is 0 Å². The summed E-state index contributed by atoms with van der Waals surface area (Å²) in [5.41, 5.74) is -0.102.